The fourth-order valence-corrected chi connectivity index (χ4v) is 4.06. The van der Waals surface area contributed by atoms with Crippen molar-refractivity contribution in [2.24, 2.45) is 0 Å². The van der Waals surface area contributed by atoms with Crippen LogP contribution in [0.5, 0.6) is 0 Å². The van der Waals surface area contributed by atoms with E-state index in [2.05, 4.69) is 28.8 Å². The van der Waals surface area contributed by atoms with Gasteiger partial charge in [-0.2, -0.15) is 0 Å². The van der Waals surface area contributed by atoms with Crippen molar-refractivity contribution < 1.29 is 0 Å². The molecule has 0 radical (unpaired) electrons. The minimum absolute atomic E-state index is 0.0879. The summed E-state index contributed by atoms with van der Waals surface area (Å²) in [7, 11) is 0. The second-order valence-corrected chi connectivity index (χ2v) is 7.84. The Bertz CT molecular complexity index is 899. The Morgan fingerprint density at radius 1 is 0.923 bits per heavy atom. The largest absolute Gasteiger partial charge is 0.352 e. The van der Waals surface area contributed by atoms with Crippen LogP contribution in [0.4, 0.5) is 0 Å². The summed E-state index contributed by atoms with van der Waals surface area (Å²) in [6.07, 6.45) is 5.43. The number of rotatable bonds is 2. The molecule has 0 amide bonds. The van der Waals surface area contributed by atoms with Crippen LogP contribution in [0.1, 0.15) is 36.4 Å². The van der Waals surface area contributed by atoms with Crippen molar-refractivity contribution in [2.75, 3.05) is 0 Å². The molecule has 2 aromatic rings. The third kappa shape index (κ3) is 3.66. The van der Waals surface area contributed by atoms with E-state index in [0.29, 0.717) is 5.11 Å². The van der Waals surface area contributed by atoms with Crippen molar-refractivity contribution in [1.82, 2.24) is 10.6 Å². The van der Waals surface area contributed by atoms with E-state index in [4.69, 9.17) is 35.4 Å². The average Bonchev–Trinajstić information content (AvgIpc) is 2.64. The van der Waals surface area contributed by atoms with Gasteiger partial charge in [-0.25, -0.2) is 0 Å². The standard InChI is InChI=1S/C21H18Cl2N2S/c22-16-8-4-13(5-9-16)12-15-2-1-3-18-19(24-21(26)25-20(15)18)14-6-10-17(23)11-7-14/h4-12,19H,1-3H2,(H2,24,25,26)/t19-/m0/s1. The van der Waals surface area contributed by atoms with E-state index in [1.165, 1.54) is 16.7 Å². The van der Waals surface area contributed by atoms with Crippen LogP contribution < -0.4 is 10.6 Å². The minimum Gasteiger partial charge on any atom is -0.352 e. The summed E-state index contributed by atoms with van der Waals surface area (Å²) in [6.45, 7) is 0. The smallest absolute Gasteiger partial charge is 0.171 e. The second kappa shape index (κ2) is 7.43. The molecule has 1 aliphatic heterocycles. The number of nitrogens with one attached hydrogen (secondary N) is 2. The molecule has 0 fully saturated rings. The number of hydrogen-bond acceptors (Lipinski definition) is 1. The van der Waals surface area contributed by atoms with Crippen molar-refractivity contribution in [3.63, 3.8) is 0 Å². The number of benzene rings is 2. The van der Waals surface area contributed by atoms with Crippen LogP contribution in [0, 0.1) is 0 Å². The predicted octanol–water partition coefficient (Wildman–Crippen LogP) is 6.03. The van der Waals surface area contributed by atoms with Crippen molar-refractivity contribution in [1.29, 1.82) is 0 Å². The molecule has 1 atom stereocenters. The summed E-state index contributed by atoms with van der Waals surface area (Å²) in [4.78, 5) is 0. The molecule has 0 aromatic heterocycles. The van der Waals surface area contributed by atoms with Crippen molar-refractivity contribution >= 4 is 46.6 Å². The molecule has 1 aliphatic carbocycles. The molecule has 0 saturated heterocycles. The van der Waals surface area contributed by atoms with Gasteiger partial charge in [0.2, 0.25) is 0 Å². The van der Waals surface area contributed by atoms with Gasteiger partial charge < -0.3 is 10.6 Å². The molecule has 0 saturated carbocycles. The topological polar surface area (TPSA) is 24.1 Å². The Morgan fingerprint density at radius 3 is 2.27 bits per heavy atom. The number of halogens is 2. The van der Waals surface area contributed by atoms with Crippen molar-refractivity contribution in [2.45, 2.75) is 25.3 Å². The third-order valence-electron chi connectivity index (χ3n) is 4.81. The van der Waals surface area contributed by atoms with E-state index < -0.39 is 0 Å². The highest BCUT2D eigenvalue weighted by atomic mass is 35.5. The first-order valence-electron chi connectivity index (χ1n) is 8.63. The highest BCUT2D eigenvalue weighted by Crippen LogP contribution is 2.38. The van der Waals surface area contributed by atoms with Crippen LogP contribution >= 0.6 is 35.4 Å². The van der Waals surface area contributed by atoms with Gasteiger partial charge in [-0.05, 0) is 84.1 Å². The lowest BCUT2D eigenvalue weighted by Gasteiger charge is -2.36. The Balaban J connectivity index is 1.75. The van der Waals surface area contributed by atoms with Gasteiger partial charge >= 0.3 is 0 Å². The molecule has 1 heterocycles. The van der Waals surface area contributed by atoms with E-state index >= 15 is 0 Å². The van der Waals surface area contributed by atoms with Gasteiger partial charge in [0, 0.05) is 15.7 Å². The first-order chi connectivity index (χ1) is 12.6. The van der Waals surface area contributed by atoms with Crippen LogP contribution in [0.15, 0.2) is 65.4 Å². The predicted molar refractivity (Wildman–Crippen MR) is 113 cm³/mol. The summed E-state index contributed by atoms with van der Waals surface area (Å²) < 4.78 is 0. The Labute approximate surface area is 168 Å². The molecule has 2 aromatic carbocycles. The first-order valence-corrected chi connectivity index (χ1v) is 9.79. The van der Waals surface area contributed by atoms with E-state index in [0.717, 1.165) is 40.6 Å². The summed E-state index contributed by atoms with van der Waals surface area (Å²) in [5, 5.41) is 8.96. The van der Waals surface area contributed by atoms with Gasteiger partial charge in [0.25, 0.3) is 0 Å². The molecular weight excluding hydrogens is 383 g/mol. The van der Waals surface area contributed by atoms with E-state index in [1.54, 1.807) is 0 Å². The van der Waals surface area contributed by atoms with Crippen LogP contribution in [-0.2, 0) is 0 Å². The lowest BCUT2D eigenvalue weighted by molar-refractivity contribution is 0.609. The SMILES string of the molecule is S=C1NC2=C(CCCC2=Cc2ccc(Cl)cc2)[C@H](c2ccc(Cl)cc2)N1. The molecule has 4 rings (SSSR count). The van der Waals surface area contributed by atoms with Crippen LogP contribution in [0.2, 0.25) is 10.0 Å². The zero-order valence-electron chi connectivity index (χ0n) is 14.1. The fourth-order valence-electron chi connectivity index (χ4n) is 3.59. The van der Waals surface area contributed by atoms with Crippen LogP contribution in [0.3, 0.4) is 0 Å². The normalized spacial score (nSPS) is 21.2. The highest BCUT2D eigenvalue weighted by molar-refractivity contribution is 7.80. The van der Waals surface area contributed by atoms with Crippen LogP contribution in [0.25, 0.3) is 6.08 Å². The van der Waals surface area contributed by atoms with E-state index in [9.17, 15) is 0 Å². The fraction of sp³-hybridized carbons (Fsp3) is 0.190. The molecule has 132 valence electrons. The summed E-state index contributed by atoms with van der Waals surface area (Å²) in [5.41, 5.74) is 6.13. The number of hydrogen-bond donors (Lipinski definition) is 2. The number of thiocarbonyl (C=S) groups is 1. The average molecular weight is 401 g/mol. The molecular formula is C21H18Cl2N2S. The van der Waals surface area contributed by atoms with Gasteiger partial charge in [0.1, 0.15) is 0 Å². The van der Waals surface area contributed by atoms with Gasteiger partial charge in [0.15, 0.2) is 5.11 Å². The Morgan fingerprint density at radius 2 is 1.58 bits per heavy atom. The zero-order chi connectivity index (χ0) is 18.1. The maximum Gasteiger partial charge on any atom is 0.171 e. The van der Waals surface area contributed by atoms with Gasteiger partial charge in [-0.1, -0.05) is 47.5 Å². The molecule has 0 spiro atoms. The zero-order valence-corrected chi connectivity index (χ0v) is 16.4. The van der Waals surface area contributed by atoms with Gasteiger partial charge in [0.05, 0.1) is 6.04 Å². The maximum atomic E-state index is 6.05. The number of allylic oxidation sites excluding steroid dienone is 1. The molecule has 0 bridgehead atoms. The van der Waals surface area contributed by atoms with Crippen molar-refractivity contribution in [3.05, 3.63) is 86.5 Å². The molecule has 2 N–H and O–H groups in total. The summed E-state index contributed by atoms with van der Waals surface area (Å²) in [5.74, 6) is 0. The summed E-state index contributed by atoms with van der Waals surface area (Å²) >= 11 is 17.5. The van der Waals surface area contributed by atoms with Gasteiger partial charge in [-0.3, -0.25) is 0 Å². The molecule has 2 aliphatic rings. The lowest BCUT2D eigenvalue weighted by Crippen LogP contribution is -2.45. The van der Waals surface area contributed by atoms with Crippen LogP contribution in [-0.4, -0.2) is 5.11 Å². The third-order valence-corrected chi connectivity index (χ3v) is 5.53. The highest BCUT2D eigenvalue weighted by Gasteiger charge is 2.30. The van der Waals surface area contributed by atoms with Gasteiger partial charge in [-0.15, -0.1) is 0 Å². The van der Waals surface area contributed by atoms with E-state index in [-0.39, 0.29) is 6.04 Å². The summed E-state index contributed by atoms with van der Waals surface area (Å²) in [6, 6.07) is 16.0. The Kier molecular flexibility index (Phi) is 5.03. The maximum absolute atomic E-state index is 6.05. The Hall–Kier alpha value is -1.81. The monoisotopic (exact) mass is 400 g/mol. The van der Waals surface area contributed by atoms with Crippen molar-refractivity contribution in [3.8, 4) is 0 Å². The first kappa shape index (κ1) is 17.6. The molecule has 0 unspecified atom stereocenters. The lowest BCUT2D eigenvalue weighted by atomic mass is 9.83. The minimum atomic E-state index is 0.0879. The molecule has 2 nitrogen and oxygen atoms in total. The quantitative estimate of drug-likeness (QED) is 0.601. The molecule has 5 heteroatoms. The second-order valence-electron chi connectivity index (χ2n) is 6.56. The van der Waals surface area contributed by atoms with E-state index in [1.807, 2.05) is 36.4 Å². The molecule has 26 heavy (non-hydrogen) atoms.